The largest absolute Gasteiger partial charge is 0.393 e. The van der Waals surface area contributed by atoms with Crippen molar-refractivity contribution >= 4 is 23.1 Å². The van der Waals surface area contributed by atoms with Gasteiger partial charge in [-0.25, -0.2) is 0 Å². The second-order valence-electron chi connectivity index (χ2n) is 5.87. The van der Waals surface area contributed by atoms with Gasteiger partial charge in [0.05, 0.1) is 10.9 Å². The number of rotatable bonds is 8. The lowest BCUT2D eigenvalue weighted by atomic mass is 10.0. The summed E-state index contributed by atoms with van der Waals surface area (Å²) in [5.74, 6) is 1.42. The molecule has 3 nitrogen and oxygen atoms in total. The summed E-state index contributed by atoms with van der Waals surface area (Å²) in [6.07, 6.45) is 6.86. The van der Waals surface area contributed by atoms with Gasteiger partial charge >= 0.3 is 0 Å². The summed E-state index contributed by atoms with van der Waals surface area (Å²) in [4.78, 5) is 15.0. The van der Waals surface area contributed by atoms with Crippen LogP contribution in [0.25, 0.3) is 0 Å². The Kier molecular flexibility index (Phi) is 4.60. The molecule has 0 aromatic rings. The zero-order valence-corrected chi connectivity index (χ0v) is 12.0. The maximum absolute atomic E-state index is 12.6. The summed E-state index contributed by atoms with van der Waals surface area (Å²) in [7, 11) is 0. The number of carbonyl (C=O) groups is 1. The Morgan fingerprint density at radius 3 is 2.11 bits per heavy atom. The van der Waals surface area contributed by atoms with Crippen LogP contribution < -0.4 is 5.73 Å². The molecule has 2 rings (SSSR count). The number of hydrogen-bond acceptors (Lipinski definition) is 2. The van der Waals surface area contributed by atoms with Crippen LogP contribution in [-0.4, -0.2) is 28.9 Å². The number of nitrogens with zero attached hydrogens (tertiary/aromatic N) is 1. The molecule has 2 N–H and O–H groups in total. The van der Waals surface area contributed by atoms with Crippen molar-refractivity contribution in [2.24, 2.45) is 23.5 Å². The Hall–Kier alpha value is -0.640. The molecule has 0 aliphatic heterocycles. The maximum Gasteiger partial charge on any atom is 0.232 e. The third-order valence-electron chi connectivity index (χ3n) is 3.88. The quantitative estimate of drug-likeness (QED) is 0.687. The molecular formula is C14H24N2OS. The van der Waals surface area contributed by atoms with Gasteiger partial charge in [-0.3, -0.25) is 4.79 Å². The SMILES string of the molecule is CCCC(C(=O)N(CC1CC1)CC1CC1)C(N)=S. The van der Waals surface area contributed by atoms with Gasteiger partial charge in [-0.05, 0) is 43.9 Å². The standard InChI is InChI=1S/C14H24N2OS/c1-2-3-12(13(15)18)14(17)16(8-10-4-5-10)9-11-6-7-11/h10-12H,2-9H2,1H3,(H2,15,18). The summed E-state index contributed by atoms with van der Waals surface area (Å²) in [6.45, 7) is 3.93. The van der Waals surface area contributed by atoms with Crippen molar-refractivity contribution in [1.29, 1.82) is 0 Å². The van der Waals surface area contributed by atoms with E-state index < -0.39 is 0 Å². The van der Waals surface area contributed by atoms with Gasteiger partial charge in [-0.1, -0.05) is 25.6 Å². The van der Waals surface area contributed by atoms with Crippen LogP contribution in [0.3, 0.4) is 0 Å². The van der Waals surface area contributed by atoms with Crippen LogP contribution in [0.4, 0.5) is 0 Å². The first-order valence-corrected chi connectivity index (χ1v) is 7.60. The molecule has 0 aromatic carbocycles. The summed E-state index contributed by atoms with van der Waals surface area (Å²) in [5.41, 5.74) is 5.74. The van der Waals surface area contributed by atoms with E-state index in [1.165, 1.54) is 25.7 Å². The Morgan fingerprint density at radius 1 is 1.28 bits per heavy atom. The summed E-state index contributed by atoms with van der Waals surface area (Å²) in [6, 6.07) is 0. The highest BCUT2D eigenvalue weighted by atomic mass is 32.1. The molecule has 4 heteroatoms. The van der Waals surface area contributed by atoms with E-state index in [0.29, 0.717) is 4.99 Å². The lowest BCUT2D eigenvalue weighted by Crippen LogP contribution is -2.43. The summed E-state index contributed by atoms with van der Waals surface area (Å²) >= 11 is 5.07. The van der Waals surface area contributed by atoms with Crippen LogP contribution in [0, 0.1) is 17.8 Å². The molecule has 1 unspecified atom stereocenters. The van der Waals surface area contributed by atoms with Gasteiger partial charge in [0.2, 0.25) is 5.91 Å². The highest BCUT2D eigenvalue weighted by Gasteiger charge is 2.34. The van der Waals surface area contributed by atoms with Gasteiger partial charge in [-0.15, -0.1) is 0 Å². The monoisotopic (exact) mass is 268 g/mol. The van der Waals surface area contributed by atoms with Crippen molar-refractivity contribution in [3.05, 3.63) is 0 Å². The molecule has 2 aliphatic rings. The molecule has 0 aromatic heterocycles. The molecule has 0 heterocycles. The van der Waals surface area contributed by atoms with Crippen LogP contribution in [-0.2, 0) is 4.79 Å². The first kappa shape index (κ1) is 13.8. The Balaban J connectivity index is 1.96. The molecule has 2 fully saturated rings. The van der Waals surface area contributed by atoms with Crippen LogP contribution in [0.5, 0.6) is 0 Å². The molecule has 0 spiro atoms. The highest BCUT2D eigenvalue weighted by Crippen LogP contribution is 2.34. The highest BCUT2D eigenvalue weighted by molar-refractivity contribution is 7.80. The third-order valence-corrected chi connectivity index (χ3v) is 4.17. The van der Waals surface area contributed by atoms with Crippen LogP contribution in [0.1, 0.15) is 45.4 Å². The number of hydrogen-bond donors (Lipinski definition) is 1. The lowest BCUT2D eigenvalue weighted by molar-refractivity contribution is -0.134. The van der Waals surface area contributed by atoms with Crippen molar-refractivity contribution in [3.63, 3.8) is 0 Å². The van der Waals surface area contributed by atoms with E-state index in [1.807, 2.05) is 0 Å². The van der Waals surface area contributed by atoms with E-state index in [4.69, 9.17) is 18.0 Å². The second-order valence-corrected chi connectivity index (χ2v) is 6.35. The first-order chi connectivity index (χ1) is 8.61. The summed E-state index contributed by atoms with van der Waals surface area (Å²) in [5, 5.41) is 0. The van der Waals surface area contributed by atoms with Crippen LogP contribution >= 0.6 is 12.2 Å². The molecule has 1 amide bonds. The Morgan fingerprint density at radius 2 is 1.78 bits per heavy atom. The fourth-order valence-electron chi connectivity index (χ4n) is 2.38. The minimum absolute atomic E-state index is 0.183. The van der Waals surface area contributed by atoms with Gasteiger partial charge in [0.15, 0.2) is 0 Å². The number of nitrogens with two attached hydrogens (primary N) is 1. The zero-order valence-electron chi connectivity index (χ0n) is 11.2. The average Bonchev–Trinajstić information content (AvgIpc) is 3.18. The number of thiocarbonyl (C=S) groups is 1. The Bertz CT molecular complexity index is 310. The van der Waals surface area contributed by atoms with Crippen LogP contribution in [0.2, 0.25) is 0 Å². The van der Waals surface area contributed by atoms with Crippen molar-refractivity contribution in [2.75, 3.05) is 13.1 Å². The van der Waals surface area contributed by atoms with Gasteiger partial charge < -0.3 is 10.6 Å². The minimum Gasteiger partial charge on any atom is -0.393 e. The van der Waals surface area contributed by atoms with Gasteiger partial charge in [0.1, 0.15) is 0 Å². The molecule has 0 radical (unpaired) electrons. The predicted molar refractivity (Wildman–Crippen MR) is 77.2 cm³/mol. The van der Waals surface area contributed by atoms with Gasteiger partial charge in [-0.2, -0.15) is 0 Å². The van der Waals surface area contributed by atoms with E-state index in [0.717, 1.165) is 37.8 Å². The molecule has 102 valence electrons. The number of carbonyl (C=O) groups excluding carboxylic acids is 1. The molecule has 0 saturated heterocycles. The molecule has 2 aliphatic carbocycles. The maximum atomic E-state index is 12.6. The first-order valence-electron chi connectivity index (χ1n) is 7.20. The van der Waals surface area contributed by atoms with E-state index >= 15 is 0 Å². The van der Waals surface area contributed by atoms with Crippen LogP contribution in [0.15, 0.2) is 0 Å². The molecular weight excluding hydrogens is 244 g/mol. The summed E-state index contributed by atoms with van der Waals surface area (Å²) < 4.78 is 0. The molecule has 0 bridgehead atoms. The van der Waals surface area contributed by atoms with E-state index in [1.54, 1.807) is 0 Å². The predicted octanol–water partition coefficient (Wildman–Crippen LogP) is 2.34. The topological polar surface area (TPSA) is 46.3 Å². The second kappa shape index (κ2) is 6.00. The zero-order chi connectivity index (χ0) is 13.1. The number of amides is 1. The van der Waals surface area contributed by atoms with Crippen molar-refractivity contribution in [1.82, 2.24) is 4.90 Å². The molecule has 2 saturated carbocycles. The van der Waals surface area contributed by atoms with E-state index in [9.17, 15) is 4.79 Å². The molecule has 1 atom stereocenters. The normalized spacial score (nSPS) is 20.5. The van der Waals surface area contributed by atoms with Gasteiger partial charge in [0, 0.05) is 13.1 Å². The fourth-order valence-corrected chi connectivity index (χ4v) is 2.59. The van der Waals surface area contributed by atoms with Gasteiger partial charge in [0.25, 0.3) is 0 Å². The fraction of sp³-hybridized carbons (Fsp3) is 0.857. The minimum atomic E-state index is -0.234. The van der Waals surface area contributed by atoms with Crippen molar-refractivity contribution < 1.29 is 4.79 Å². The van der Waals surface area contributed by atoms with Crippen molar-refractivity contribution in [2.45, 2.75) is 45.4 Å². The van der Waals surface area contributed by atoms with E-state index in [-0.39, 0.29) is 11.8 Å². The average molecular weight is 268 g/mol. The third kappa shape index (κ3) is 3.94. The Labute approximate surface area is 115 Å². The van der Waals surface area contributed by atoms with Crippen molar-refractivity contribution in [3.8, 4) is 0 Å². The lowest BCUT2D eigenvalue weighted by Gasteiger charge is -2.27. The smallest absolute Gasteiger partial charge is 0.232 e. The van der Waals surface area contributed by atoms with E-state index in [2.05, 4.69) is 11.8 Å². The molecule has 18 heavy (non-hydrogen) atoms.